The quantitative estimate of drug-likeness (QED) is 0.469. The number of nitrogens with one attached hydrogen (secondary N) is 1. The number of ether oxygens (including phenoxy) is 1. The highest BCUT2D eigenvalue weighted by Crippen LogP contribution is 2.24. The van der Waals surface area contributed by atoms with E-state index >= 15 is 0 Å². The van der Waals surface area contributed by atoms with Crippen LogP contribution in [0.5, 0.6) is 5.75 Å². The zero-order valence-electron chi connectivity index (χ0n) is 15.9. The second kappa shape index (κ2) is 7.93. The van der Waals surface area contributed by atoms with Gasteiger partial charge in [-0.25, -0.2) is 14.8 Å². The lowest BCUT2D eigenvalue weighted by molar-refractivity contribution is 0.414. The molecule has 150 valence electrons. The van der Waals surface area contributed by atoms with Crippen molar-refractivity contribution in [3.63, 3.8) is 0 Å². The molecule has 0 atom stereocenters. The molecule has 1 aromatic carbocycles. The van der Waals surface area contributed by atoms with E-state index in [-0.39, 0.29) is 5.69 Å². The molecule has 0 amide bonds. The molecule has 0 saturated carbocycles. The molecule has 4 aromatic rings. The van der Waals surface area contributed by atoms with E-state index in [1.165, 1.54) is 0 Å². The Labute approximate surface area is 176 Å². The van der Waals surface area contributed by atoms with Crippen LogP contribution in [0.4, 0.5) is 0 Å². The number of rotatable bonds is 6. The Kier molecular flexibility index (Phi) is 5.34. The summed E-state index contributed by atoms with van der Waals surface area (Å²) in [5.74, 6) is 1.34. The number of benzene rings is 1. The van der Waals surface area contributed by atoms with Gasteiger partial charge in [-0.15, -0.1) is 0 Å². The van der Waals surface area contributed by atoms with Crippen molar-refractivity contribution in [2.24, 2.45) is 0 Å². The summed E-state index contributed by atoms with van der Waals surface area (Å²) in [6, 6.07) is 9.06. The summed E-state index contributed by atoms with van der Waals surface area (Å²) in [6.45, 7) is 2.81. The molecule has 0 aliphatic heterocycles. The minimum Gasteiger partial charge on any atom is -0.497 e. The molecule has 4 rings (SSSR count). The van der Waals surface area contributed by atoms with Crippen LogP contribution in [0.3, 0.4) is 0 Å². The number of hydrogen-bond donors (Lipinski definition) is 1. The molecule has 0 spiro atoms. The molecule has 0 bridgehead atoms. The van der Waals surface area contributed by atoms with E-state index in [4.69, 9.17) is 27.9 Å². The van der Waals surface area contributed by atoms with Gasteiger partial charge in [-0.05, 0) is 36.8 Å². The number of aromatic amines is 1. The largest absolute Gasteiger partial charge is 0.497 e. The van der Waals surface area contributed by atoms with Crippen molar-refractivity contribution >= 4 is 34.4 Å². The molecule has 9 heteroatoms. The lowest BCUT2D eigenvalue weighted by Gasteiger charge is -2.08. The summed E-state index contributed by atoms with van der Waals surface area (Å²) in [7, 11) is 1.60. The maximum Gasteiger partial charge on any atom is 0.328 e. The van der Waals surface area contributed by atoms with Crippen LogP contribution in [0.25, 0.3) is 11.2 Å². The van der Waals surface area contributed by atoms with Gasteiger partial charge < -0.3 is 9.72 Å². The summed E-state index contributed by atoms with van der Waals surface area (Å²) in [6.07, 6.45) is 2.39. The van der Waals surface area contributed by atoms with Gasteiger partial charge in [0, 0.05) is 29.9 Å². The van der Waals surface area contributed by atoms with Crippen molar-refractivity contribution in [3.8, 4) is 5.75 Å². The molecule has 3 aromatic heterocycles. The van der Waals surface area contributed by atoms with Crippen molar-refractivity contribution in [3.05, 3.63) is 74.3 Å². The Morgan fingerprint density at radius 1 is 1.17 bits per heavy atom. The highest BCUT2D eigenvalue weighted by Gasteiger charge is 2.14. The predicted molar refractivity (Wildman–Crippen MR) is 113 cm³/mol. The molecular formula is C20H19Cl2N5O2. The van der Waals surface area contributed by atoms with Crippen molar-refractivity contribution in [1.82, 2.24) is 24.1 Å². The Morgan fingerprint density at radius 2 is 2.00 bits per heavy atom. The Morgan fingerprint density at radius 3 is 2.72 bits per heavy atom. The summed E-state index contributed by atoms with van der Waals surface area (Å²) < 4.78 is 8.57. The third kappa shape index (κ3) is 3.88. The molecule has 0 fully saturated rings. The number of H-pyrrole nitrogens is 1. The van der Waals surface area contributed by atoms with Gasteiger partial charge in [0.15, 0.2) is 5.65 Å². The van der Waals surface area contributed by atoms with Crippen LogP contribution in [0, 0.1) is 0 Å². The Bertz CT molecular complexity index is 1240. The lowest BCUT2D eigenvalue weighted by Crippen LogP contribution is -2.25. The van der Waals surface area contributed by atoms with Gasteiger partial charge in [0.05, 0.1) is 19.2 Å². The fourth-order valence-electron chi connectivity index (χ4n) is 3.32. The minimum atomic E-state index is -0.0985. The van der Waals surface area contributed by atoms with E-state index in [9.17, 15) is 4.79 Å². The smallest absolute Gasteiger partial charge is 0.328 e. The van der Waals surface area contributed by atoms with Crippen molar-refractivity contribution < 1.29 is 4.74 Å². The van der Waals surface area contributed by atoms with E-state index in [1.807, 2.05) is 31.3 Å². The van der Waals surface area contributed by atoms with Gasteiger partial charge in [-0.2, -0.15) is 0 Å². The fourth-order valence-corrected chi connectivity index (χ4v) is 3.70. The number of nitrogens with zero attached hydrogens (tertiary/aromatic N) is 4. The first kappa shape index (κ1) is 19.5. The molecular weight excluding hydrogens is 413 g/mol. The van der Waals surface area contributed by atoms with Crippen molar-refractivity contribution in [1.29, 1.82) is 0 Å². The van der Waals surface area contributed by atoms with Crippen LogP contribution in [0.1, 0.15) is 24.0 Å². The summed E-state index contributed by atoms with van der Waals surface area (Å²) in [5, 5.41) is 0.982. The summed E-state index contributed by atoms with van der Waals surface area (Å²) in [4.78, 5) is 24.7. The number of aromatic nitrogens is 5. The third-order valence-electron chi connectivity index (χ3n) is 4.76. The van der Waals surface area contributed by atoms with Crippen LogP contribution in [-0.4, -0.2) is 31.2 Å². The van der Waals surface area contributed by atoms with E-state index < -0.39 is 0 Å². The molecule has 1 N–H and O–H groups in total. The standard InChI is InChI=1S/C20H19Cl2N5O2/c1-3-27-13(8-12-4-5-14(29-2)9-15(12)21)10-26(20(27)28)11-18-23-16-6-7-17(22)24-19(16)25-18/h4-7,9-10H,3,8,11H2,1-2H3,(H,23,24,25). The van der Waals surface area contributed by atoms with Crippen LogP contribution < -0.4 is 10.4 Å². The lowest BCUT2D eigenvalue weighted by atomic mass is 10.1. The van der Waals surface area contributed by atoms with Gasteiger partial charge in [-0.3, -0.25) is 9.13 Å². The predicted octanol–water partition coefficient (Wildman–Crippen LogP) is 3.90. The van der Waals surface area contributed by atoms with E-state index in [0.717, 1.165) is 16.8 Å². The van der Waals surface area contributed by atoms with Crippen LogP contribution in [0.2, 0.25) is 10.2 Å². The monoisotopic (exact) mass is 431 g/mol. The molecule has 0 unspecified atom stereocenters. The first-order valence-electron chi connectivity index (χ1n) is 9.11. The SMILES string of the molecule is CCn1c(Cc2ccc(OC)cc2Cl)cn(Cc2nc3nc(Cl)ccc3[nH]2)c1=O. The van der Waals surface area contributed by atoms with Crippen LogP contribution >= 0.6 is 23.2 Å². The molecule has 29 heavy (non-hydrogen) atoms. The van der Waals surface area contributed by atoms with Crippen LogP contribution in [-0.2, 0) is 19.5 Å². The second-order valence-corrected chi connectivity index (χ2v) is 7.39. The molecule has 0 aliphatic carbocycles. The summed E-state index contributed by atoms with van der Waals surface area (Å²) in [5.41, 5.74) is 3.01. The number of hydrogen-bond acceptors (Lipinski definition) is 4. The topological polar surface area (TPSA) is 77.7 Å². The molecule has 7 nitrogen and oxygen atoms in total. The number of imidazole rings is 2. The van der Waals surface area contributed by atoms with E-state index in [1.54, 1.807) is 28.4 Å². The maximum atomic E-state index is 12.9. The molecule has 0 radical (unpaired) electrons. The van der Waals surface area contributed by atoms with Crippen LogP contribution in [0.15, 0.2) is 41.3 Å². The molecule has 0 saturated heterocycles. The van der Waals surface area contributed by atoms with Crippen molar-refractivity contribution in [2.75, 3.05) is 7.11 Å². The maximum absolute atomic E-state index is 12.9. The highest BCUT2D eigenvalue weighted by molar-refractivity contribution is 6.31. The number of pyridine rings is 1. The van der Waals surface area contributed by atoms with Gasteiger partial charge >= 0.3 is 5.69 Å². The zero-order chi connectivity index (χ0) is 20.5. The van der Waals surface area contributed by atoms with Gasteiger partial charge in [0.2, 0.25) is 0 Å². The summed E-state index contributed by atoms with van der Waals surface area (Å²) >= 11 is 12.3. The normalized spacial score (nSPS) is 11.3. The zero-order valence-corrected chi connectivity index (χ0v) is 17.5. The second-order valence-electron chi connectivity index (χ2n) is 6.60. The minimum absolute atomic E-state index is 0.0985. The Balaban J connectivity index is 1.65. The third-order valence-corrected chi connectivity index (χ3v) is 5.32. The average Bonchev–Trinajstić information content (AvgIpc) is 3.23. The fraction of sp³-hybridized carbons (Fsp3) is 0.250. The number of fused-ring (bicyclic) bond motifs is 1. The molecule has 3 heterocycles. The highest BCUT2D eigenvalue weighted by atomic mass is 35.5. The van der Waals surface area contributed by atoms with E-state index in [0.29, 0.717) is 46.9 Å². The first-order chi connectivity index (χ1) is 14.0. The van der Waals surface area contributed by atoms with Gasteiger partial charge in [0.25, 0.3) is 0 Å². The van der Waals surface area contributed by atoms with Crippen molar-refractivity contribution in [2.45, 2.75) is 26.4 Å². The van der Waals surface area contributed by atoms with Gasteiger partial charge in [0.1, 0.15) is 16.7 Å². The molecule has 0 aliphatic rings. The van der Waals surface area contributed by atoms with E-state index in [2.05, 4.69) is 15.0 Å². The first-order valence-corrected chi connectivity index (χ1v) is 9.86. The number of halogens is 2. The van der Waals surface area contributed by atoms with Gasteiger partial charge in [-0.1, -0.05) is 29.3 Å². The Hall–Kier alpha value is -2.77. The number of methoxy groups -OCH3 is 1. The average molecular weight is 432 g/mol.